The lowest BCUT2D eigenvalue weighted by atomic mass is 9.74. The van der Waals surface area contributed by atoms with Crippen LogP contribution in [0.3, 0.4) is 0 Å². The van der Waals surface area contributed by atoms with Gasteiger partial charge >= 0.3 is 0 Å². The maximum Gasteiger partial charge on any atom is 0.0662 e. The summed E-state index contributed by atoms with van der Waals surface area (Å²) in [5.74, 6) is 3.42. The van der Waals surface area contributed by atoms with E-state index in [2.05, 4.69) is 42.2 Å². The Morgan fingerprint density at radius 3 is 1.97 bits per heavy atom. The summed E-state index contributed by atoms with van der Waals surface area (Å²) in [4.78, 5) is 0. The first kappa shape index (κ1) is 25.2. The topological polar surface area (TPSA) is 49.6 Å². The fourth-order valence-electron chi connectivity index (χ4n) is 6.30. The molecular formula is C29H47N3. The molecule has 1 atom stereocenters. The summed E-state index contributed by atoms with van der Waals surface area (Å²) in [7, 11) is 0. The van der Waals surface area contributed by atoms with Gasteiger partial charge in [-0.2, -0.15) is 15.5 Å². The van der Waals surface area contributed by atoms with Crippen molar-refractivity contribution < 1.29 is 0 Å². The third-order valence-electron chi connectivity index (χ3n) is 8.52. The van der Waals surface area contributed by atoms with Crippen molar-refractivity contribution in [3.05, 3.63) is 23.5 Å². The number of nitriles is 1. The summed E-state index contributed by atoms with van der Waals surface area (Å²) < 4.78 is 0. The monoisotopic (exact) mass is 437 g/mol. The van der Waals surface area contributed by atoms with Crippen LogP contribution in [0.1, 0.15) is 122 Å². The third kappa shape index (κ3) is 8.17. The Bertz CT molecular complexity index is 661. The molecule has 0 aromatic carbocycles. The Hall–Kier alpha value is -1.43. The molecule has 1 aromatic rings. The van der Waals surface area contributed by atoms with E-state index in [1.165, 1.54) is 96.3 Å². The number of aryl methyl sites for hydroxylation is 1. The molecule has 3 nitrogen and oxygen atoms in total. The van der Waals surface area contributed by atoms with Crippen LogP contribution < -0.4 is 0 Å². The molecule has 0 radical (unpaired) electrons. The lowest BCUT2D eigenvalue weighted by molar-refractivity contribution is 0.222. The second-order valence-corrected chi connectivity index (χ2v) is 10.9. The van der Waals surface area contributed by atoms with Crippen LogP contribution in [0.5, 0.6) is 0 Å². The van der Waals surface area contributed by atoms with E-state index in [4.69, 9.17) is 0 Å². The van der Waals surface area contributed by atoms with Crippen molar-refractivity contribution in [1.82, 2.24) is 10.2 Å². The second kappa shape index (κ2) is 14.0. The van der Waals surface area contributed by atoms with Gasteiger partial charge < -0.3 is 0 Å². The normalized spacial score (nSPS) is 27.0. The Balaban J connectivity index is 1.37. The minimum atomic E-state index is 0.102. The van der Waals surface area contributed by atoms with Crippen molar-refractivity contribution in [2.24, 2.45) is 29.6 Å². The van der Waals surface area contributed by atoms with Gasteiger partial charge in [-0.25, -0.2) is 0 Å². The highest BCUT2D eigenvalue weighted by Gasteiger charge is 2.28. The lowest BCUT2D eigenvalue weighted by Gasteiger charge is -2.30. The molecule has 0 bridgehead atoms. The maximum absolute atomic E-state index is 9.77. The SMILES string of the molecule is CCCCCC1CCC(CCc2ccc(CC(C#N)C3CCC(CCC)CC3)nn2)CC1. The van der Waals surface area contributed by atoms with E-state index in [1.54, 1.807) is 0 Å². The van der Waals surface area contributed by atoms with Crippen LogP contribution in [-0.2, 0) is 12.8 Å². The highest BCUT2D eigenvalue weighted by molar-refractivity contribution is 5.10. The number of nitrogens with zero attached hydrogens (tertiary/aromatic N) is 3. The molecule has 1 aromatic heterocycles. The van der Waals surface area contributed by atoms with E-state index in [-0.39, 0.29) is 5.92 Å². The van der Waals surface area contributed by atoms with Crippen LogP contribution in [-0.4, -0.2) is 10.2 Å². The van der Waals surface area contributed by atoms with Crippen molar-refractivity contribution in [2.75, 3.05) is 0 Å². The Kier molecular flexibility index (Phi) is 11.0. The molecule has 2 saturated carbocycles. The van der Waals surface area contributed by atoms with Gasteiger partial charge in [0.2, 0.25) is 0 Å². The van der Waals surface area contributed by atoms with Crippen LogP contribution in [0.4, 0.5) is 0 Å². The standard InChI is InChI=1S/C29H47N3/c1-3-5-6-8-24-9-11-25(12-10-24)15-18-28-19-20-29(32-31-28)21-27(22-30)26-16-13-23(7-4-2)14-17-26/h19-20,23-27H,3-18,21H2,1-2H3. The average molecular weight is 438 g/mol. The summed E-state index contributed by atoms with van der Waals surface area (Å²) in [5, 5.41) is 18.8. The molecule has 3 heteroatoms. The van der Waals surface area contributed by atoms with E-state index in [0.29, 0.717) is 5.92 Å². The zero-order chi connectivity index (χ0) is 22.6. The number of rotatable bonds is 12. The first-order valence-electron chi connectivity index (χ1n) is 13.9. The van der Waals surface area contributed by atoms with Gasteiger partial charge in [-0.05, 0) is 61.5 Å². The Labute approximate surface area is 197 Å². The molecule has 1 heterocycles. The second-order valence-electron chi connectivity index (χ2n) is 10.9. The summed E-state index contributed by atoms with van der Waals surface area (Å²) >= 11 is 0. The predicted molar refractivity (Wildman–Crippen MR) is 133 cm³/mol. The van der Waals surface area contributed by atoms with Crippen molar-refractivity contribution in [1.29, 1.82) is 5.26 Å². The highest BCUT2D eigenvalue weighted by Crippen LogP contribution is 2.36. The smallest absolute Gasteiger partial charge is 0.0662 e. The largest absolute Gasteiger partial charge is 0.198 e. The van der Waals surface area contributed by atoms with E-state index < -0.39 is 0 Å². The highest BCUT2D eigenvalue weighted by atomic mass is 15.1. The van der Waals surface area contributed by atoms with Gasteiger partial charge in [0.05, 0.1) is 23.4 Å². The lowest BCUT2D eigenvalue weighted by Crippen LogP contribution is -2.23. The van der Waals surface area contributed by atoms with Crippen molar-refractivity contribution in [3.63, 3.8) is 0 Å². The van der Waals surface area contributed by atoms with Crippen LogP contribution in [0.25, 0.3) is 0 Å². The van der Waals surface area contributed by atoms with Gasteiger partial charge in [0.25, 0.3) is 0 Å². The van der Waals surface area contributed by atoms with Gasteiger partial charge in [0, 0.05) is 6.42 Å². The molecule has 178 valence electrons. The number of aromatic nitrogens is 2. The molecule has 0 N–H and O–H groups in total. The number of unbranched alkanes of at least 4 members (excludes halogenated alkanes) is 2. The van der Waals surface area contributed by atoms with Crippen LogP contribution in [0, 0.1) is 40.9 Å². The zero-order valence-electron chi connectivity index (χ0n) is 20.9. The van der Waals surface area contributed by atoms with E-state index in [1.807, 2.05) is 0 Å². The first-order valence-corrected chi connectivity index (χ1v) is 13.9. The molecule has 3 rings (SSSR count). The van der Waals surface area contributed by atoms with Gasteiger partial charge in [-0.1, -0.05) is 90.9 Å². The summed E-state index contributed by atoms with van der Waals surface area (Å²) in [6.45, 7) is 4.58. The molecule has 0 amide bonds. The fourth-order valence-corrected chi connectivity index (χ4v) is 6.30. The Morgan fingerprint density at radius 2 is 1.38 bits per heavy atom. The molecule has 2 fully saturated rings. The maximum atomic E-state index is 9.77. The van der Waals surface area contributed by atoms with Crippen LogP contribution in [0.2, 0.25) is 0 Å². The molecular weight excluding hydrogens is 390 g/mol. The molecule has 0 aliphatic heterocycles. The number of hydrogen-bond acceptors (Lipinski definition) is 3. The van der Waals surface area contributed by atoms with Crippen LogP contribution >= 0.6 is 0 Å². The molecule has 0 saturated heterocycles. The van der Waals surface area contributed by atoms with Crippen molar-refractivity contribution in [3.8, 4) is 6.07 Å². The zero-order valence-corrected chi connectivity index (χ0v) is 20.9. The van der Waals surface area contributed by atoms with E-state index in [0.717, 1.165) is 42.0 Å². The summed E-state index contributed by atoms with van der Waals surface area (Å²) in [6, 6.07) is 6.91. The molecule has 1 unspecified atom stereocenters. The number of hydrogen-bond donors (Lipinski definition) is 0. The third-order valence-corrected chi connectivity index (χ3v) is 8.52. The van der Waals surface area contributed by atoms with Crippen LogP contribution in [0.15, 0.2) is 12.1 Å². The average Bonchev–Trinajstić information content (AvgIpc) is 2.84. The Morgan fingerprint density at radius 1 is 0.781 bits per heavy atom. The van der Waals surface area contributed by atoms with E-state index in [9.17, 15) is 5.26 Å². The fraction of sp³-hybridized carbons (Fsp3) is 0.828. The minimum absolute atomic E-state index is 0.102. The van der Waals surface area contributed by atoms with Crippen molar-refractivity contribution in [2.45, 2.75) is 123 Å². The molecule has 32 heavy (non-hydrogen) atoms. The van der Waals surface area contributed by atoms with Gasteiger partial charge in [-0.3, -0.25) is 0 Å². The molecule has 2 aliphatic carbocycles. The molecule has 2 aliphatic rings. The van der Waals surface area contributed by atoms with Crippen molar-refractivity contribution >= 4 is 0 Å². The predicted octanol–water partition coefficient (Wildman–Crippen LogP) is 8.08. The first-order chi connectivity index (χ1) is 15.7. The summed E-state index contributed by atoms with van der Waals surface area (Å²) in [6.07, 6.45) is 22.1. The van der Waals surface area contributed by atoms with Gasteiger partial charge in [0.1, 0.15) is 0 Å². The quantitative estimate of drug-likeness (QED) is 0.310. The van der Waals surface area contributed by atoms with Gasteiger partial charge in [-0.15, -0.1) is 0 Å². The summed E-state index contributed by atoms with van der Waals surface area (Å²) in [5.41, 5.74) is 2.14. The minimum Gasteiger partial charge on any atom is -0.198 e. The van der Waals surface area contributed by atoms with Gasteiger partial charge in [0.15, 0.2) is 0 Å². The van der Waals surface area contributed by atoms with E-state index >= 15 is 0 Å². The molecule has 0 spiro atoms.